The SMILES string of the molecule is CC(=O)c1cccc(NC(=O)C2CCC(C(=O)NCc3ccccc3F)CC2)c1. The third kappa shape index (κ3) is 5.50. The van der Waals surface area contributed by atoms with Crippen LogP contribution >= 0.6 is 0 Å². The molecule has 0 spiro atoms. The fourth-order valence-electron chi connectivity index (χ4n) is 3.65. The van der Waals surface area contributed by atoms with Crippen LogP contribution in [0.4, 0.5) is 10.1 Å². The summed E-state index contributed by atoms with van der Waals surface area (Å²) in [6, 6.07) is 13.2. The normalized spacial score (nSPS) is 18.7. The summed E-state index contributed by atoms with van der Waals surface area (Å²) < 4.78 is 13.7. The molecule has 2 amide bonds. The lowest BCUT2D eigenvalue weighted by Crippen LogP contribution is -2.35. The van der Waals surface area contributed by atoms with E-state index in [0.717, 1.165) is 0 Å². The highest BCUT2D eigenvalue weighted by Gasteiger charge is 2.30. The molecular formula is C23H25FN2O3. The molecule has 29 heavy (non-hydrogen) atoms. The smallest absolute Gasteiger partial charge is 0.227 e. The van der Waals surface area contributed by atoms with Crippen molar-refractivity contribution < 1.29 is 18.8 Å². The molecule has 1 aliphatic carbocycles. The monoisotopic (exact) mass is 396 g/mol. The largest absolute Gasteiger partial charge is 0.352 e. The molecule has 1 fully saturated rings. The van der Waals surface area contributed by atoms with Crippen molar-refractivity contribution in [2.75, 3.05) is 5.32 Å². The first-order chi connectivity index (χ1) is 13.9. The summed E-state index contributed by atoms with van der Waals surface area (Å²) >= 11 is 0. The third-order valence-corrected chi connectivity index (χ3v) is 5.42. The molecule has 0 aromatic heterocycles. The number of Topliss-reactive ketones (excluding diaryl/α,β-unsaturated/α-hetero) is 1. The second-order valence-corrected chi connectivity index (χ2v) is 7.48. The Bertz CT molecular complexity index is 905. The molecule has 2 aromatic rings. The van der Waals surface area contributed by atoms with Gasteiger partial charge in [-0.3, -0.25) is 14.4 Å². The molecule has 152 valence electrons. The van der Waals surface area contributed by atoms with Crippen molar-refractivity contribution in [2.24, 2.45) is 11.8 Å². The van der Waals surface area contributed by atoms with E-state index < -0.39 is 0 Å². The van der Waals surface area contributed by atoms with Crippen molar-refractivity contribution in [3.63, 3.8) is 0 Å². The van der Waals surface area contributed by atoms with Gasteiger partial charge in [0.1, 0.15) is 5.82 Å². The Balaban J connectivity index is 1.47. The van der Waals surface area contributed by atoms with E-state index in [0.29, 0.717) is 42.5 Å². The van der Waals surface area contributed by atoms with Crippen LogP contribution in [0.5, 0.6) is 0 Å². The van der Waals surface area contributed by atoms with Crippen molar-refractivity contribution in [2.45, 2.75) is 39.2 Å². The molecule has 5 nitrogen and oxygen atoms in total. The van der Waals surface area contributed by atoms with Gasteiger partial charge in [-0.15, -0.1) is 0 Å². The van der Waals surface area contributed by atoms with Gasteiger partial charge < -0.3 is 10.6 Å². The van der Waals surface area contributed by atoms with Crippen LogP contribution in [0, 0.1) is 17.7 Å². The Morgan fingerprint density at radius 2 is 1.59 bits per heavy atom. The zero-order chi connectivity index (χ0) is 20.8. The molecule has 0 bridgehead atoms. The molecule has 2 N–H and O–H groups in total. The third-order valence-electron chi connectivity index (χ3n) is 5.42. The van der Waals surface area contributed by atoms with E-state index in [1.165, 1.54) is 13.0 Å². The topological polar surface area (TPSA) is 75.3 Å². The first-order valence-electron chi connectivity index (χ1n) is 9.87. The second-order valence-electron chi connectivity index (χ2n) is 7.48. The van der Waals surface area contributed by atoms with Gasteiger partial charge in [0.2, 0.25) is 11.8 Å². The number of hydrogen-bond acceptors (Lipinski definition) is 3. The van der Waals surface area contributed by atoms with Gasteiger partial charge in [0.05, 0.1) is 0 Å². The zero-order valence-electron chi connectivity index (χ0n) is 16.4. The van der Waals surface area contributed by atoms with Gasteiger partial charge in [-0.2, -0.15) is 0 Å². The van der Waals surface area contributed by atoms with Crippen molar-refractivity contribution >= 4 is 23.3 Å². The quantitative estimate of drug-likeness (QED) is 0.722. The van der Waals surface area contributed by atoms with Gasteiger partial charge in [0, 0.05) is 35.2 Å². The highest BCUT2D eigenvalue weighted by atomic mass is 19.1. The summed E-state index contributed by atoms with van der Waals surface area (Å²) in [6.45, 7) is 1.65. The molecule has 0 unspecified atom stereocenters. The number of carbonyl (C=O) groups excluding carboxylic acids is 3. The van der Waals surface area contributed by atoms with Gasteiger partial charge in [0.25, 0.3) is 0 Å². The first-order valence-corrected chi connectivity index (χ1v) is 9.87. The fourth-order valence-corrected chi connectivity index (χ4v) is 3.65. The molecule has 1 saturated carbocycles. The first kappa shape index (κ1) is 20.7. The van der Waals surface area contributed by atoms with Crippen LogP contribution in [-0.2, 0) is 16.1 Å². The summed E-state index contributed by atoms with van der Waals surface area (Å²) in [7, 11) is 0. The average molecular weight is 396 g/mol. The molecule has 0 saturated heterocycles. The van der Waals surface area contributed by atoms with Crippen LogP contribution in [-0.4, -0.2) is 17.6 Å². The molecule has 0 aliphatic heterocycles. The standard InChI is InChI=1S/C23H25FN2O3/c1-15(27)18-6-4-7-20(13-18)26-23(29)17-11-9-16(10-12-17)22(28)25-14-19-5-2-3-8-21(19)24/h2-8,13,16-17H,9-12,14H2,1H3,(H,25,28)(H,26,29). The predicted octanol–water partition coefficient (Wildman–Crippen LogP) is 4.09. The van der Waals surface area contributed by atoms with Gasteiger partial charge in [0.15, 0.2) is 5.78 Å². The van der Waals surface area contributed by atoms with Crippen LogP contribution in [0.1, 0.15) is 48.5 Å². The number of nitrogens with one attached hydrogen (secondary N) is 2. The van der Waals surface area contributed by atoms with Crippen LogP contribution in [0.3, 0.4) is 0 Å². The van der Waals surface area contributed by atoms with Crippen LogP contribution in [0.25, 0.3) is 0 Å². The molecule has 3 rings (SSSR count). The number of hydrogen-bond donors (Lipinski definition) is 2. The van der Waals surface area contributed by atoms with E-state index in [9.17, 15) is 18.8 Å². The van der Waals surface area contributed by atoms with Gasteiger partial charge in [-0.1, -0.05) is 30.3 Å². The summed E-state index contributed by atoms with van der Waals surface area (Å²) in [6.07, 6.45) is 2.48. The van der Waals surface area contributed by atoms with Crippen LogP contribution in [0.15, 0.2) is 48.5 Å². The second kappa shape index (κ2) is 9.45. The molecule has 1 aliphatic rings. The lowest BCUT2D eigenvalue weighted by Gasteiger charge is -2.27. The van der Waals surface area contributed by atoms with Crippen molar-refractivity contribution in [1.29, 1.82) is 0 Å². The van der Waals surface area contributed by atoms with Gasteiger partial charge in [-0.05, 0) is 50.8 Å². The van der Waals surface area contributed by atoms with E-state index in [1.54, 1.807) is 42.5 Å². The maximum absolute atomic E-state index is 13.7. The Kier molecular flexibility index (Phi) is 6.75. The minimum Gasteiger partial charge on any atom is -0.352 e. The molecule has 0 atom stereocenters. The number of benzene rings is 2. The number of amides is 2. The van der Waals surface area contributed by atoms with Crippen molar-refractivity contribution in [3.8, 4) is 0 Å². The fraction of sp³-hybridized carbons (Fsp3) is 0.348. The summed E-state index contributed by atoms with van der Waals surface area (Å²) in [4.78, 5) is 36.4. The summed E-state index contributed by atoms with van der Waals surface area (Å²) in [5.74, 6) is -0.888. The number of ketones is 1. The minimum atomic E-state index is -0.331. The summed E-state index contributed by atoms with van der Waals surface area (Å²) in [5.41, 5.74) is 1.62. The number of halogens is 1. The summed E-state index contributed by atoms with van der Waals surface area (Å²) in [5, 5.41) is 5.67. The Hall–Kier alpha value is -3.02. The lowest BCUT2D eigenvalue weighted by atomic mass is 9.81. The van der Waals surface area contributed by atoms with Gasteiger partial charge in [-0.25, -0.2) is 4.39 Å². The average Bonchev–Trinajstić information content (AvgIpc) is 2.73. The molecule has 0 heterocycles. The van der Waals surface area contributed by atoms with Crippen LogP contribution < -0.4 is 10.6 Å². The van der Waals surface area contributed by atoms with Crippen LogP contribution in [0.2, 0.25) is 0 Å². The molecule has 6 heteroatoms. The Labute approximate surface area is 169 Å². The zero-order valence-corrected chi connectivity index (χ0v) is 16.4. The number of anilines is 1. The van der Waals surface area contributed by atoms with E-state index in [4.69, 9.17) is 0 Å². The number of carbonyl (C=O) groups is 3. The predicted molar refractivity (Wildman–Crippen MR) is 109 cm³/mol. The van der Waals surface area contributed by atoms with E-state index in [2.05, 4.69) is 10.6 Å². The minimum absolute atomic E-state index is 0.0528. The maximum atomic E-state index is 13.7. The van der Waals surface area contributed by atoms with Crippen molar-refractivity contribution in [3.05, 3.63) is 65.5 Å². The molecule has 0 radical (unpaired) electrons. The van der Waals surface area contributed by atoms with E-state index in [1.807, 2.05) is 0 Å². The maximum Gasteiger partial charge on any atom is 0.227 e. The van der Waals surface area contributed by atoms with E-state index in [-0.39, 0.29) is 41.8 Å². The molecule has 2 aromatic carbocycles. The highest BCUT2D eigenvalue weighted by Crippen LogP contribution is 2.30. The Morgan fingerprint density at radius 1 is 0.931 bits per heavy atom. The lowest BCUT2D eigenvalue weighted by molar-refractivity contribution is -0.128. The van der Waals surface area contributed by atoms with E-state index >= 15 is 0 Å². The van der Waals surface area contributed by atoms with Gasteiger partial charge >= 0.3 is 0 Å². The molecular weight excluding hydrogens is 371 g/mol. The van der Waals surface area contributed by atoms with Crippen molar-refractivity contribution in [1.82, 2.24) is 5.32 Å². The highest BCUT2D eigenvalue weighted by molar-refractivity contribution is 5.97. The number of rotatable bonds is 6. The Morgan fingerprint density at radius 3 is 2.24 bits per heavy atom.